The Bertz CT molecular complexity index is 278. The summed E-state index contributed by atoms with van der Waals surface area (Å²) >= 11 is 0. The number of aryl methyl sites for hydroxylation is 1. The molecule has 0 aliphatic carbocycles. The first-order valence-electron chi connectivity index (χ1n) is 5.92. The van der Waals surface area contributed by atoms with Crippen LogP contribution in [0.2, 0.25) is 0 Å². The number of furan rings is 1. The first-order valence-corrected chi connectivity index (χ1v) is 5.92. The van der Waals surface area contributed by atoms with E-state index < -0.39 is 0 Å². The van der Waals surface area contributed by atoms with Crippen LogP contribution in [0.5, 0.6) is 0 Å². The zero-order valence-corrected chi connectivity index (χ0v) is 10.3. The van der Waals surface area contributed by atoms with Crippen molar-refractivity contribution in [3.05, 3.63) is 23.7 Å². The van der Waals surface area contributed by atoms with Gasteiger partial charge in [0.1, 0.15) is 11.5 Å². The molecule has 1 atom stereocenters. The van der Waals surface area contributed by atoms with Crippen LogP contribution in [0, 0.1) is 5.92 Å². The molecule has 0 amide bonds. The van der Waals surface area contributed by atoms with Crippen molar-refractivity contribution in [2.45, 2.75) is 53.1 Å². The van der Waals surface area contributed by atoms with Crippen molar-refractivity contribution in [2.75, 3.05) is 0 Å². The Morgan fingerprint density at radius 2 is 1.87 bits per heavy atom. The molecule has 0 radical (unpaired) electrons. The van der Waals surface area contributed by atoms with Crippen LogP contribution < -0.4 is 5.32 Å². The molecule has 86 valence electrons. The van der Waals surface area contributed by atoms with Crippen LogP contribution >= 0.6 is 0 Å². The van der Waals surface area contributed by atoms with E-state index >= 15 is 0 Å². The Balaban J connectivity index is 2.30. The molecule has 0 fully saturated rings. The molecule has 0 aliphatic heterocycles. The molecule has 1 rings (SSSR count). The van der Waals surface area contributed by atoms with Crippen LogP contribution in [0.1, 0.15) is 45.6 Å². The lowest BCUT2D eigenvalue weighted by Gasteiger charge is -2.14. The Morgan fingerprint density at radius 3 is 2.40 bits per heavy atom. The van der Waals surface area contributed by atoms with Gasteiger partial charge in [-0.2, -0.15) is 0 Å². The van der Waals surface area contributed by atoms with Crippen LogP contribution in [0.15, 0.2) is 16.5 Å². The Kier molecular flexibility index (Phi) is 4.89. The molecule has 1 unspecified atom stereocenters. The maximum Gasteiger partial charge on any atom is 0.117 e. The summed E-state index contributed by atoms with van der Waals surface area (Å²) < 4.78 is 5.63. The van der Waals surface area contributed by atoms with Gasteiger partial charge in [-0.25, -0.2) is 0 Å². The smallest absolute Gasteiger partial charge is 0.117 e. The van der Waals surface area contributed by atoms with Crippen LogP contribution in [0.25, 0.3) is 0 Å². The van der Waals surface area contributed by atoms with Gasteiger partial charge in [0.25, 0.3) is 0 Å². The summed E-state index contributed by atoms with van der Waals surface area (Å²) in [7, 11) is 0. The zero-order valence-electron chi connectivity index (χ0n) is 10.3. The van der Waals surface area contributed by atoms with Gasteiger partial charge in [-0.15, -0.1) is 0 Å². The molecule has 1 aromatic heterocycles. The summed E-state index contributed by atoms with van der Waals surface area (Å²) in [5.74, 6) is 2.86. The molecule has 2 nitrogen and oxygen atoms in total. The van der Waals surface area contributed by atoms with Crippen molar-refractivity contribution in [3.63, 3.8) is 0 Å². The van der Waals surface area contributed by atoms with Crippen molar-refractivity contribution in [1.29, 1.82) is 0 Å². The van der Waals surface area contributed by atoms with Crippen LogP contribution in [0.4, 0.5) is 0 Å². The SMILES string of the molecule is CCc1ccc(CNC(C)CC(C)C)o1. The fourth-order valence-corrected chi connectivity index (χ4v) is 1.77. The van der Waals surface area contributed by atoms with Crippen molar-refractivity contribution in [1.82, 2.24) is 5.32 Å². The van der Waals surface area contributed by atoms with Crippen LogP contribution in [0.3, 0.4) is 0 Å². The lowest BCUT2D eigenvalue weighted by molar-refractivity contribution is 0.400. The molecule has 0 saturated heterocycles. The van der Waals surface area contributed by atoms with Gasteiger partial charge in [0.05, 0.1) is 6.54 Å². The Morgan fingerprint density at radius 1 is 1.20 bits per heavy atom. The van der Waals surface area contributed by atoms with Gasteiger partial charge in [-0.3, -0.25) is 0 Å². The number of rotatable bonds is 6. The van der Waals surface area contributed by atoms with Gasteiger partial charge in [0, 0.05) is 12.5 Å². The molecule has 1 heterocycles. The third-order valence-electron chi connectivity index (χ3n) is 2.52. The fraction of sp³-hybridized carbons (Fsp3) is 0.692. The minimum atomic E-state index is 0.556. The minimum absolute atomic E-state index is 0.556. The highest BCUT2D eigenvalue weighted by molar-refractivity contribution is 5.06. The number of nitrogens with one attached hydrogen (secondary N) is 1. The average Bonchev–Trinajstić information content (AvgIpc) is 2.61. The van der Waals surface area contributed by atoms with E-state index in [2.05, 4.69) is 45.1 Å². The lowest BCUT2D eigenvalue weighted by atomic mass is 10.1. The molecule has 0 bridgehead atoms. The second kappa shape index (κ2) is 5.96. The summed E-state index contributed by atoms with van der Waals surface area (Å²) in [6.07, 6.45) is 2.18. The Hall–Kier alpha value is -0.760. The highest BCUT2D eigenvalue weighted by Crippen LogP contribution is 2.09. The predicted molar refractivity (Wildman–Crippen MR) is 63.8 cm³/mol. The first-order chi connectivity index (χ1) is 7.11. The van der Waals surface area contributed by atoms with Gasteiger partial charge in [-0.1, -0.05) is 20.8 Å². The summed E-state index contributed by atoms with van der Waals surface area (Å²) in [6, 6.07) is 4.68. The van der Waals surface area contributed by atoms with E-state index in [0.29, 0.717) is 6.04 Å². The van der Waals surface area contributed by atoms with Crippen LogP contribution in [-0.2, 0) is 13.0 Å². The molecule has 15 heavy (non-hydrogen) atoms. The van der Waals surface area contributed by atoms with Crippen molar-refractivity contribution >= 4 is 0 Å². The van der Waals surface area contributed by atoms with Gasteiger partial charge >= 0.3 is 0 Å². The Labute approximate surface area is 93.1 Å². The number of hydrogen-bond acceptors (Lipinski definition) is 2. The quantitative estimate of drug-likeness (QED) is 0.777. The molecular formula is C13H23NO. The molecule has 1 N–H and O–H groups in total. The van der Waals surface area contributed by atoms with Gasteiger partial charge < -0.3 is 9.73 Å². The third kappa shape index (κ3) is 4.52. The first kappa shape index (κ1) is 12.3. The van der Waals surface area contributed by atoms with Crippen molar-refractivity contribution in [2.24, 2.45) is 5.92 Å². The van der Waals surface area contributed by atoms with Gasteiger partial charge in [0.2, 0.25) is 0 Å². The highest BCUT2D eigenvalue weighted by atomic mass is 16.3. The monoisotopic (exact) mass is 209 g/mol. The topological polar surface area (TPSA) is 25.2 Å². The minimum Gasteiger partial charge on any atom is -0.465 e. The highest BCUT2D eigenvalue weighted by Gasteiger charge is 2.06. The van der Waals surface area contributed by atoms with Gasteiger partial charge in [0.15, 0.2) is 0 Å². The summed E-state index contributed by atoms with van der Waals surface area (Å²) in [5.41, 5.74) is 0. The maximum absolute atomic E-state index is 5.63. The lowest BCUT2D eigenvalue weighted by Crippen LogP contribution is -2.26. The standard InChI is InChI=1S/C13H23NO/c1-5-12-6-7-13(15-12)9-14-11(4)8-10(2)3/h6-7,10-11,14H,5,8-9H2,1-4H3. The van der Waals surface area contributed by atoms with E-state index in [-0.39, 0.29) is 0 Å². The van der Waals surface area contributed by atoms with Crippen molar-refractivity contribution in [3.8, 4) is 0 Å². The third-order valence-corrected chi connectivity index (χ3v) is 2.52. The van der Waals surface area contributed by atoms with E-state index in [1.54, 1.807) is 0 Å². The number of hydrogen-bond donors (Lipinski definition) is 1. The van der Waals surface area contributed by atoms with E-state index in [0.717, 1.165) is 30.4 Å². The molecule has 0 spiro atoms. The molecule has 0 saturated carbocycles. The van der Waals surface area contributed by atoms with Crippen molar-refractivity contribution < 1.29 is 4.42 Å². The summed E-state index contributed by atoms with van der Waals surface area (Å²) in [4.78, 5) is 0. The average molecular weight is 209 g/mol. The molecule has 2 heteroatoms. The van der Waals surface area contributed by atoms with E-state index in [4.69, 9.17) is 4.42 Å². The van der Waals surface area contributed by atoms with E-state index in [9.17, 15) is 0 Å². The van der Waals surface area contributed by atoms with E-state index in [1.165, 1.54) is 6.42 Å². The zero-order chi connectivity index (χ0) is 11.3. The van der Waals surface area contributed by atoms with E-state index in [1.807, 2.05) is 0 Å². The fourth-order valence-electron chi connectivity index (χ4n) is 1.77. The van der Waals surface area contributed by atoms with Gasteiger partial charge in [-0.05, 0) is 31.4 Å². The second-order valence-corrected chi connectivity index (χ2v) is 4.63. The molecule has 0 aromatic carbocycles. The summed E-state index contributed by atoms with van der Waals surface area (Å²) in [5, 5.41) is 3.47. The molecular weight excluding hydrogens is 186 g/mol. The maximum atomic E-state index is 5.63. The molecule has 1 aromatic rings. The van der Waals surface area contributed by atoms with Crippen LogP contribution in [-0.4, -0.2) is 6.04 Å². The normalized spacial score (nSPS) is 13.4. The summed E-state index contributed by atoms with van der Waals surface area (Å²) in [6.45, 7) is 9.68. The predicted octanol–water partition coefficient (Wildman–Crippen LogP) is 3.37. The largest absolute Gasteiger partial charge is 0.465 e. The molecule has 0 aliphatic rings. The second-order valence-electron chi connectivity index (χ2n) is 4.63.